The number of hydrogen-bond donors (Lipinski definition) is 0. The maximum absolute atomic E-state index is 12.3. The summed E-state index contributed by atoms with van der Waals surface area (Å²) in [6, 6.07) is 6.48. The molecule has 2 fully saturated rings. The molecule has 2 aliphatic heterocycles. The quantitative estimate of drug-likeness (QED) is 0.776. The molecule has 0 bridgehead atoms. The average Bonchev–Trinajstić information content (AvgIpc) is 2.72. The Morgan fingerprint density at radius 2 is 2.00 bits per heavy atom. The van der Waals surface area contributed by atoms with Crippen LogP contribution in [0.25, 0.3) is 0 Å². The molecule has 2 saturated heterocycles. The number of nitrogens with zero attached hydrogens (tertiary/aromatic N) is 2. The molecular formula is C13H14N2O3S. The third-order valence-corrected chi connectivity index (χ3v) is 4.40. The van der Waals surface area contributed by atoms with Gasteiger partial charge in [-0.1, -0.05) is 0 Å². The smallest absolute Gasteiger partial charge is 0.332 e. The van der Waals surface area contributed by atoms with Gasteiger partial charge in [0.1, 0.15) is 11.8 Å². The van der Waals surface area contributed by atoms with E-state index >= 15 is 0 Å². The van der Waals surface area contributed by atoms with Crippen LogP contribution in [0.15, 0.2) is 24.3 Å². The fourth-order valence-electron chi connectivity index (χ4n) is 2.39. The normalized spacial score (nSPS) is 22.7. The van der Waals surface area contributed by atoms with Crippen molar-refractivity contribution in [3.8, 4) is 5.75 Å². The van der Waals surface area contributed by atoms with Crippen LogP contribution in [0.2, 0.25) is 0 Å². The number of imide groups is 1. The number of urea groups is 1. The highest BCUT2D eigenvalue weighted by Crippen LogP contribution is 2.32. The monoisotopic (exact) mass is 278 g/mol. The highest BCUT2D eigenvalue weighted by molar-refractivity contribution is 7.99. The van der Waals surface area contributed by atoms with Gasteiger partial charge in [-0.05, 0) is 36.4 Å². The Morgan fingerprint density at radius 3 is 2.63 bits per heavy atom. The van der Waals surface area contributed by atoms with E-state index in [1.807, 2.05) is 0 Å². The molecule has 0 aliphatic carbocycles. The average molecular weight is 278 g/mol. The van der Waals surface area contributed by atoms with Crippen LogP contribution in [0.4, 0.5) is 10.5 Å². The Labute approximate surface area is 115 Å². The van der Waals surface area contributed by atoms with E-state index < -0.39 is 0 Å². The topological polar surface area (TPSA) is 49.9 Å². The first-order valence-corrected chi connectivity index (χ1v) is 7.24. The van der Waals surface area contributed by atoms with Crippen molar-refractivity contribution in [3.05, 3.63) is 24.3 Å². The van der Waals surface area contributed by atoms with Gasteiger partial charge in [-0.15, -0.1) is 11.8 Å². The molecule has 0 unspecified atom stereocenters. The SMILES string of the molecule is COc1ccc(N2C(=O)[C@H]3CCSCN3C2=O)cc1. The van der Waals surface area contributed by atoms with Gasteiger partial charge in [0.05, 0.1) is 18.7 Å². The lowest BCUT2D eigenvalue weighted by Crippen LogP contribution is -2.38. The van der Waals surface area contributed by atoms with Crippen LogP contribution in [0.5, 0.6) is 5.75 Å². The number of hydrogen-bond acceptors (Lipinski definition) is 4. The molecule has 0 aromatic heterocycles. The van der Waals surface area contributed by atoms with Gasteiger partial charge < -0.3 is 9.64 Å². The Balaban J connectivity index is 1.91. The molecule has 3 rings (SSSR count). The number of carbonyl (C=O) groups excluding carboxylic acids is 2. The molecular weight excluding hydrogens is 264 g/mol. The van der Waals surface area contributed by atoms with Crippen molar-refractivity contribution in [2.75, 3.05) is 23.6 Å². The van der Waals surface area contributed by atoms with Gasteiger partial charge in [-0.2, -0.15) is 0 Å². The summed E-state index contributed by atoms with van der Waals surface area (Å²) in [6.45, 7) is 0. The largest absolute Gasteiger partial charge is 0.497 e. The molecule has 2 heterocycles. The molecule has 0 radical (unpaired) electrons. The van der Waals surface area contributed by atoms with Crippen molar-refractivity contribution in [2.24, 2.45) is 0 Å². The summed E-state index contributed by atoms with van der Waals surface area (Å²) in [5, 5.41) is 0. The Morgan fingerprint density at radius 1 is 1.26 bits per heavy atom. The molecule has 0 N–H and O–H groups in total. The maximum Gasteiger partial charge on any atom is 0.332 e. The van der Waals surface area contributed by atoms with E-state index in [4.69, 9.17) is 4.74 Å². The molecule has 3 amide bonds. The predicted octanol–water partition coefficient (Wildman–Crippen LogP) is 1.93. The summed E-state index contributed by atoms with van der Waals surface area (Å²) in [7, 11) is 1.58. The summed E-state index contributed by atoms with van der Waals surface area (Å²) in [5.41, 5.74) is 0.607. The molecule has 1 atom stereocenters. The van der Waals surface area contributed by atoms with Crippen LogP contribution < -0.4 is 9.64 Å². The lowest BCUT2D eigenvalue weighted by atomic mass is 10.2. The van der Waals surface area contributed by atoms with Gasteiger partial charge >= 0.3 is 6.03 Å². The summed E-state index contributed by atoms with van der Waals surface area (Å²) >= 11 is 1.69. The van der Waals surface area contributed by atoms with Crippen LogP contribution in [0.1, 0.15) is 6.42 Å². The van der Waals surface area contributed by atoms with Crippen LogP contribution in [0.3, 0.4) is 0 Å². The maximum atomic E-state index is 12.3. The molecule has 2 aliphatic rings. The molecule has 100 valence electrons. The molecule has 5 nitrogen and oxygen atoms in total. The van der Waals surface area contributed by atoms with E-state index in [-0.39, 0.29) is 18.0 Å². The minimum Gasteiger partial charge on any atom is -0.497 e. The second-order valence-electron chi connectivity index (χ2n) is 4.47. The summed E-state index contributed by atoms with van der Waals surface area (Å²) in [5.74, 6) is 2.12. The van der Waals surface area contributed by atoms with Crippen LogP contribution >= 0.6 is 11.8 Å². The summed E-state index contributed by atoms with van der Waals surface area (Å²) < 4.78 is 5.08. The highest BCUT2D eigenvalue weighted by atomic mass is 32.2. The van der Waals surface area contributed by atoms with Gasteiger partial charge in [-0.3, -0.25) is 4.79 Å². The number of thioether (sulfide) groups is 1. The van der Waals surface area contributed by atoms with E-state index in [1.54, 1.807) is 48.0 Å². The second kappa shape index (κ2) is 4.77. The first kappa shape index (κ1) is 12.3. The van der Waals surface area contributed by atoms with E-state index in [1.165, 1.54) is 4.90 Å². The standard InChI is InChI=1S/C13H14N2O3S/c1-18-10-4-2-9(3-5-10)15-12(16)11-6-7-19-8-14(11)13(15)17/h2-5,11H,6-8H2,1H3/t11-/m1/s1. The summed E-state index contributed by atoms with van der Waals surface area (Å²) in [6.07, 6.45) is 0.738. The molecule has 19 heavy (non-hydrogen) atoms. The number of ether oxygens (including phenoxy) is 1. The van der Waals surface area contributed by atoms with Gasteiger partial charge in [0.25, 0.3) is 5.91 Å². The number of benzene rings is 1. The lowest BCUT2D eigenvalue weighted by Gasteiger charge is -2.25. The van der Waals surface area contributed by atoms with Gasteiger partial charge in [-0.25, -0.2) is 9.69 Å². The van der Waals surface area contributed by atoms with E-state index in [0.717, 1.165) is 12.2 Å². The van der Waals surface area contributed by atoms with Crippen molar-refractivity contribution in [1.82, 2.24) is 4.90 Å². The first-order chi connectivity index (χ1) is 9.22. The van der Waals surface area contributed by atoms with Crippen molar-refractivity contribution >= 4 is 29.4 Å². The number of carbonyl (C=O) groups is 2. The van der Waals surface area contributed by atoms with E-state index in [0.29, 0.717) is 17.3 Å². The van der Waals surface area contributed by atoms with Crippen LogP contribution in [-0.4, -0.2) is 41.6 Å². The number of amides is 3. The molecule has 1 aromatic rings. The number of anilines is 1. The molecule has 0 spiro atoms. The van der Waals surface area contributed by atoms with Crippen molar-refractivity contribution in [3.63, 3.8) is 0 Å². The van der Waals surface area contributed by atoms with Crippen molar-refractivity contribution < 1.29 is 14.3 Å². The Bertz CT molecular complexity index is 493. The van der Waals surface area contributed by atoms with E-state index in [2.05, 4.69) is 0 Å². The fourth-order valence-corrected chi connectivity index (χ4v) is 3.40. The number of methoxy groups -OCH3 is 1. The third-order valence-electron chi connectivity index (χ3n) is 3.42. The zero-order valence-electron chi connectivity index (χ0n) is 10.5. The zero-order chi connectivity index (χ0) is 13.4. The molecule has 0 saturated carbocycles. The highest BCUT2D eigenvalue weighted by Gasteiger charge is 2.46. The van der Waals surface area contributed by atoms with Crippen molar-refractivity contribution in [1.29, 1.82) is 0 Å². The van der Waals surface area contributed by atoms with Crippen molar-refractivity contribution in [2.45, 2.75) is 12.5 Å². The van der Waals surface area contributed by atoms with Crippen LogP contribution in [-0.2, 0) is 4.79 Å². The second-order valence-corrected chi connectivity index (χ2v) is 5.54. The molecule has 1 aromatic carbocycles. The zero-order valence-corrected chi connectivity index (χ0v) is 11.4. The van der Waals surface area contributed by atoms with Gasteiger partial charge in [0.15, 0.2) is 0 Å². The van der Waals surface area contributed by atoms with Crippen LogP contribution in [0, 0.1) is 0 Å². The molecule has 6 heteroatoms. The minimum absolute atomic E-state index is 0.115. The third kappa shape index (κ3) is 1.96. The number of rotatable bonds is 2. The number of fused-ring (bicyclic) bond motifs is 1. The minimum atomic E-state index is -0.282. The van der Waals surface area contributed by atoms with Gasteiger partial charge in [0, 0.05) is 0 Å². The van der Waals surface area contributed by atoms with E-state index in [9.17, 15) is 9.59 Å². The fraction of sp³-hybridized carbons (Fsp3) is 0.385. The predicted molar refractivity (Wildman–Crippen MR) is 73.4 cm³/mol. The Hall–Kier alpha value is -1.69. The van der Waals surface area contributed by atoms with Gasteiger partial charge in [0.2, 0.25) is 0 Å². The first-order valence-electron chi connectivity index (χ1n) is 6.09. The summed E-state index contributed by atoms with van der Waals surface area (Å²) in [4.78, 5) is 27.5. The lowest BCUT2D eigenvalue weighted by molar-refractivity contribution is -0.119. The Kier molecular flexibility index (Phi) is 3.10.